The number of rotatable bonds is 2. The summed E-state index contributed by atoms with van der Waals surface area (Å²) in [5, 5.41) is 21.0. The van der Waals surface area contributed by atoms with Gasteiger partial charge in [0.05, 0.1) is 27.5 Å². The molecule has 2 amide bonds. The fourth-order valence-electron chi connectivity index (χ4n) is 5.73. The number of carbonyl (C=O) groups is 2. The lowest BCUT2D eigenvalue weighted by atomic mass is 9.55. The highest BCUT2D eigenvalue weighted by molar-refractivity contribution is 9.09. The monoisotopic (exact) mass is 475 g/mol. The zero-order valence-electron chi connectivity index (χ0n) is 16.1. The lowest BCUT2D eigenvalue weighted by molar-refractivity contribution is -0.122. The van der Waals surface area contributed by atoms with E-state index in [9.17, 15) is 20.0 Å². The first-order valence-corrected chi connectivity index (χ1v) is 10.8. The third-order valence-electron chi connectivity index (χ3n) is 6.84. The van der Waals surface area contributed by atoms with Crippen LogP contribution in [0, 0.1) is 17.0 Å². The summed E-state index contributed by atoms with van der Waals surface area (Å²) in [6.45, 7) is 0. The van der Waals surface area contributed by atoms with Crippen molar-refractivity contribution in [1.29, 1.82) is 0 Å². The van der Waals surface area contributed by atoms with Gasteiger partial charge in [-0.15, -0.1) is 0 Å². The molecule has 2 bridgehead atoms. The molecule has 4 aliphatic rings. The summed E-state index contributed by atoms with van der Waals surface area (Å²) >= 11 is 3.93. The molecular formula is C24H16BrN2O4-. The molecule has 7 heteroatoms. The van der Waals surface area contributed by atoms with Crippen molar-refractivity contribution in [3.05, 3.63) is 100 Å². The van der Waals surface area contributed by atoms with Gasteiger partial charge in [0.25, 0.3) is 0 Å². The van der Waals surface area contributed by atoms with Crippen LogP contribution in [0.5, 0.6) is 0 Å². The van der Waals surface area contributed by atoms with Crippen LogP contribution in [0.1, 0.15) is 28.2 Å². The second kappa shape index (κ2) is 6.26. The van der Waals surface area contributed by atoms with Crippen LogP contribution in [-0.4, -0.2) is 17.0 Å². The number of hydrogen-bond acceptors (Lipinski definition) is 5. The summed E-state index contributed by atoms with van der Waals surface area (Å²) in [4.78, 5) is 28.6. The molecular weight excluding hydrogens is 460 g/mol. The largest absolute Gasteiger partial charge is 0.733 e. The van der Waals surface area contributed by atoms with Gasteiger partial charge in [-0.1, -0.05) is 76.6 Å². The van der Waals surface area contributed by atoms with E-state index in [-0.39, 0.29) is 34.3 Å². The molecule has 1 fully saturated rings. The van der Waals surface area contributed by atoms with Gasteiger partial charge in [0.1, 0.15) is 0 Å². The molecule has 3 aliphatic carbocycles. The fraction of sp³-hybridized carbons (Fsp3) is 0.167. The molecule has 1 N–H and O–H groups in total. The second-order valence-electron chi connectivity index (χ2n) is 8.14. The van der Waals surface area contributed by atoms with E-state index in [0.717, 1.165) is 27.2 Å². The predicted octanol–water partition coefficient (Wildman–Crippen LogP) is 4.28. The van der Waals surface area contributed by atoms with E-state index in [1.807, 2.05) is 48.5 Å². The molecule has 0 radical (unpaired) electrons. The van der Waals surface area contributed by atoms with Gasteiger partial charge in [0.15, 0.2) is 0 Å². The Hall–Kier alpha value is -3.00. The minimum atomic E-state index is -0.855. The molecule has 0 unspecified atom stereocenters. The minimum absolute atomic E-state index is 0.0908. The van der Waals surface area contributed by atoms with Crippen molar-refractivity contribution < 1.29 is 14.8 Å². The summed E-state index contributed by atoms with van der Waals surface area (Å²) in [7, 11) is 0. The highest BCUT2D eigenvalue weighted by Crippen LogP contribution is 2.66. The maximum atomic E-state index is 13.8. The number of para-hydroxylation sites is 2. The third-order valence-corrected chi connectivity index (χ3v) is 8.19. The van der Waals surface area contributed by atoms with Gasteiger partial charge < -0.3 is 10.4 Å². The molecule has 7 rings (SSSR count). The minimum Gasteiger partial charge on any atom is -0.733 e. The van der Waals surface area contributed by atoms with Gasteiger partial charge in [-0.25, -0.2) is 4.90 Å². The van der Waals surface area contributed by atoms with E-state index in [1.54, 1.807) is 12.1 Å². The normalized spacial score (nSPS) is 27.7. The molecule has 0 saturated carbocycles. The van der Waals surface area contributed by atoms with Crippen molar-refractivity contribution in [2.75, 3.05) is 10.1 Å². The van der Waals surface area contributed by atoms with Crippen LogP contribution >= 0.6 is 15.9 Å². The lowest BCUT2D eigenvalue weighted by Gasteiger charge is -2.51. The first-order chi connectivity index (χ1) is 15.0. The molecule has 1 heterocycles. The quantitative estimate of drug-likeness (QED) is 0.339. The van der Waals surface area contributed by atoms with E-state index < -0.39 is 16.2 Å². The van der Waals surface area contributed by atoms with Gasteiger partial charge in [0.2, 0.25) is 11.8 Å². The van der Waals surface area contributed by atoms with Crippen molar-refractivity contribution in [2.24, 2.45) is 11.8 Å². The molecule has 0 aromatic heterocycles. The Kier molecular flexibility index (Phi) is 3.78. The van der Waals surface area contributed by atoms with Gasteiger partial charge in [-0.05, 0) is 34.4 Å². The number of amides is 2. The molecule has 154 valence electrons. The van der Waals surface area contributed by atoms with Crippen molar-refractivity contribution in [2.45, 2.75) is 10.2 Å². The Morgan fingerprint density at radius 2 is 1.42 bits per heavy atom. The third kappa shape index (κ3) is 2.18. The number of imide groups is 1. The van der Waals surface area contributed by atoms with Crippen molar-refractivity contribution in [3.63, 3.8) is 0 Å². The molecule has 0 spiro atoms. The highest BCUT2D eigenvalue weighted by atomic mass is 79.9. The Morgan fingerprint density at radius 3 is 2.03 bits per heavy atom. The van der Waals surface area contributed by atoms with Crippen LogP contribution in [-0.2, 0) is 13.9 Å². The first kappa shape index (κ1) is 18.7. The summed E-state index contributed by atoms with van der Waals surface area (Å²) in [6, 6.07) is 21.9. The highest BCUT2D eigenvalue weighted by Gasteiger charge is 2.67. The van der Waals surface area contributed by atoms with Crippen LogP contribution in [0.3, 0.4) is 0 Å². The smallest absolute Gasteiger partial charge is 0.239 e. The number of benzene rings is 3. The standard InChI is InChI=1S/C24H16BrN2O4/c25-24-15-9-3-1-7-13(15)19(14-8-2-4-10-16(14)24)20-21(24)23(29)26(22(20)28)17-11-5-6-12-18(17)27(30)31/h1-12,19-21,30H/q-1/t19?,20-,21-,24?/m1/s1. The lowest BCUT2D eigenvalue weighted by Crippen LogP contribution is -2.50. The molecule has 1 aliphatic heterocycles. The molecule has 3 aromatic rings. The van der Waals surface area contributed by atoms with Crippen LogP contribution in [0.4, 0.5) is 11.4 Å². The van der Waals surface area contributed by atoms with E-state index in [2.05, 4.69) is 15.9 Å². The SMILES string of the molecule is O=C1[C@@H]2C3c4ccccc4C(Br)(c4ccccc43)[C@H]2C(=O)N1c1ccccc1N([O-])O. The van der Waals surface area contributed by atoms with E-state index in [4.69, 9.17) is 0 Å². The molecule has 1 saturated heterocycles. The summed E-state index contributed by atoms with van der Waals surface area (Å²) in [6.07, 6.45) is 0. The van der Waals surface area contributed by atoms with Crippen LogP contribution < -0.4 is 10.1 Å². The summed E-state index contributed by atoms with van der Waals surface area (Å²) in [5.41, 5.74) is 3.99. The Balaban J connectivity index is 1.61. The summed E-state index contributed by atoms with van der Waals surface area (Å²) < 4.78 is -0.855. The zero-order chi connectivity index (χ0) is 21.5. The van der Waals surface area contributed by atoms with E-state index >= 15 is 0 Å². The Bertz CT molecular complexity index is 1230. The number of nitrogens with zero attached hydrogens (tertiary/aromatic N) is 2. The molecule has 3 aromatic carbocycles. The van der Waals surface area contributed by atoms with Gasteiger partial charge in [0, 0.05) is 5.92 Å². The fourth-order valence-corrected chi connectivity index (χ4v) is 6.93. The van der Waals surface area contributed by atoms with Crippen molar-refractivity contribution in [3.8, 4) is 0 Å². The molecule has 6 nitrogen and oxygen atoms in total. The van der Waals surface area contributed by atoms with Crippen LogP contribution in [0.15, 0.2) is 72.8 Å². The second-order valence-corrected chi connectivity index (χ2v) is 9.39. The van der Waals surface area contributed by atoms with Gasteiger partial charge in [-0.3, -0.25) is 14.8 Å². The molecule has 2 atom stereocenters. The van der Waals surface area contributed by atoms with Crippen molar-refractivity contribution >= 4 is 39.1 Å². The number of hydrogen-bond donors (Lipinski definition) is 1. The Morgan fingerprint density at radius 1 is 0.871 bits per heavy atom. The van der Waals surface area contributed by atoms with Crippen LogP contribution in [0.25, 0.3) is 0 Å². The van der Waals surface area contributed by atoms with Gasteiger partial charge in [-0.2, -0.15) is 0 Å². The summed E-state index contributed by atoms with van der Waals surface area (Å²) in [5.74, 6) is -2.27. The average molecular weight is 476 g/mol. The maximum absolute atomic E-state index is 13.8. The topological polar surface area (TPSA) is 83.9 Å². The zero-order valence-corrected chi connectivity index (χ0v) is 17.7. The number of halogens is 1. The first-order valence-electron chi connectivity index (χ1n) is 9.97. The van der Waals surface area contributed by atoms with E-state index in [1.165, 1.54) is 12.1 Å². The number of alkyl halides is 1. The maximum Gasteiger partial charge on any atom is 0.239 e. The number of anilines is 2. The van der Waals surface area contributed by atoms with Crippen molar-refractivity contribution in [1.82, 2.24) is 0 Å². The van der Waals surface area contributed by atoms with Crippen LogP contribution in [0.2, 0.25) is 0 Å². The Labute approximate surface area is 186 Å². The number of carbonyl (C=O) groups excluding carboxylic acids is 2. The predicted molar refractivity (Wildman–Crippen MR) is 118 cm³/mol. The van der Waals surface area contributed by atoms with E-state index in [0.29, 0.717) is 0 Å². The molecule has 31 heavy (non-hydrogen) atoms. The average Bonchev–Trinajstić information content (AvgIpc) is 3.05. The van der Waals surface area contributed by atoms with Gasteiger partial charge >= 0.3 is 0 Å².